The first-order chi connectivity index (χ1) is 5.46. The first-order valence-corrected chi connectivity index (χ1v) is 5.56. The highest BCUT2D eigenvalue weighted by Crippen LogP contribution is 2.07. The second-order valence-corrected chi connectivity index (χ2v) is 5.36. The fraction of sp³-hybridized carbons (Fsp3) is 0.400. The molecule has 68 valence electrons. The molecule has 0 aromatic carbocycles. The lowest BCUT2D eigenvalue weighted by Gasteiger charge is -2.11. The minimum absolute atomic E-state index is 0.571. The van der Waals surface area contributed by atoms with Gasteiger partial charge in [-0.15, -0.1) is 4.09 Å². The maximum atomic E-state index is 11.4. The van der Waals surface area contributed by atoms with E-state index in [1.807, 2.05) is 22.6 Å². The highest BCUT2D eigenvalue weighted by atomic mass is 127. The summed E-state index contributed by atoms with van der Waals surface area (Å²) in [6.07, 6.45) is 1.45. The van der Waals surface area contributed by atoms with Gasteiger partial charge in [0, 0.05) is 14.1 Å². The van der Waals surface area contributed by atoms with Gasteiger partial charge in [-0.25, -0.2) is 0 Å². The van der Waals surface area contributed by atoms with E-state index in [0.717, 1.165) is 8.39 Å². The van der Waals surface area contributed by atoms with E-state index in [0.29, 0.717) is 3.70 Å². The van der Waals surface area contributed by atoms with Crippen LogP contribution in [0.1, 0.15) is 0 Å². The van der Waals surface area contributed by atoms with Gasteiger partial charge in [-0.2, -0.15) is 17.8 Å². The summed E-state index contributed by atoms with van der Waals surface area (Å²) < 4.78 is 25.5. The highest BCUT2D eigenvalue weighted by Gasteiger charge is 2.18. The van der Waals surface area contributed by atoms with Gasteiger partial charge in [0.25, 0.3) is 0 Å². The van der Waals surface area contributed by atoms with E-state index in [1.54, 1.807) is 6.07 Å². The molecule has 1 aromatic rings. The van der Waals surface area contributed by atoms with Crippen LogP contribution in [0.15, 0.2) is 12.3 Å². The topological polar surface area (TPSA) is 55.2 Å². The molecule has 0 aliphatic heterocycles. The monoisotopic (exact) mass is 301 g/mol. The molecule has 1 heterocycles. The minimum Gasteiger partial charge on any atom is -0.189 e. The lowest BCUT2D eigenvalue weighted by molar-refractivity contribution is 0.502. The van der Waals surface area contributed by atoms with Crippen LogP contribution >= 0.6 is 22.6 Å². The summed E-state index contributed by atoms with van der Waals surface area (Å²) in [7, 11) is -0.502. The molecule has 0 saturated heterocycles. The van der Waals surface area contributed by atoms with Gasteiger partial charge in [0.2, 0.25) is 0 Å². The van der Waals surface area contributed by atoms with E-state index in [9.17, 15) is 8.42 Å². The molecule has 0 unspecified atom stereocenters. The summed E-state index contributed by atoms with van der Waals surface area (Å²) in [4.78, 5) is 0. The third-order valence-corrected chi connectivity index (χ3v) is 4.04. The van der Waals surface area contributed by atoms with Crippen LogP contribution < -0.4 is 0 Å². The van der Waals surface area contributed by atoms with Crippen LogP contribution in [0.3, 0.4) is 0 Å². The van der Waals surface area contributed by atoms with Crippen LogP contribution in [0.2, 0.25) is 0 Å². The average Bonchev–Trinajstić information content (AvgIpc) is 2.35. The fourth-order valence-corrected chi connectivity index (χ4v) is 2.40. The lowest BCUT2D eigenvalue weighted by Crippen LogP contribution is -2.30. The molecule has 0 amide bonds. The first kappa shape index (κ1) is 9.93. The highest BCUT2D eigenvalue weighted by molar-refractivity contribution is 14.1. The van der Waals surface area contributed by atoms with Crippen molar-refractivity contribution in [3.63, 3.8) is 0 Å². The summed E-state index contributed by atoms with van der Waals surface area (Å²) in [5, 5.41) is 3.69. The molecule has 0 saturated carbocycles. The Morgan fingerprint density at radius 3 is 2.50 bits per heavy atom. The van der Waals surface area contributed by atoms with Crippen molar-refractivity contribution in [2.75, 3.05) is 14.1 Å². The van der Waals surface area contributed by atoms with Gasteiger partial charge in [-0.1, -0.05) is 0 Å². The minimum atomic E-state index is -3.43. The number of halogens is 1. The fourth-order valence-electron chi connectivity index (χ4n) is 0.599. The normalized spacial score (nSPS) is 12.3. The number of nitrogens with zero attached hydrogens (tertiary/aromatic N) is 3. The largest absolute Gasteiger partial charge is 0.323 e. The molecule has 5 nitrogen and oxygen atoms in total. The molecule has 0 bridgehead atoms. The summed E-state index contributed by atoms with van der Waals surface area (Å²) in [5.41, 5.74) is 0. The van der Waals surface area contributed by atoms with Crippen LogP contribution in [-0.4, -0.2) is 36.0 Å². The predicted octanol–water partition coefficient (Wildman–Crippen LogP) is 0.142. The molecule has 0 fully saturated rings. The molecule has 7 heteroatoms. The van der Waals surface area contributed by atoms with E-state index in [1.165, 1.54) is 20.3 Å². The summed E-state index contributed by atoms with van der Waals surface area (Å²) in [6.45, 7) is 0. The van der Waals surface area contributed by atoms with Crippen molar-refractivity contribution in [1.29, 1.82) is 0 Å². The van der Waals surface area contributed by atoms with Gasteiger partial charge >= 0.3 is 10.2 Å². The quantitative estimate of drug-likeness (QED) is 0.730. The Balaban J connectivity index is 3.24. The van der Waals surface area contributed by atoms with Crippen LogP contribution in [0.4, 0.5) is 0 Å². The number of hydrogen-bond acceptors (Lipinski definition) is 3. The molecular formula is C5H8IN3O2S. The molecule has 0 aliphatic rings. The van der Waals surface area contributed by atoms with Crippen molar-refractivity contribution in [2.45, 2.75) is 0 Å². The molecule has 0 N–H and O–H groups in total. The summed E-state index contributed by atoms with van der Waals surface area (Å²) in [5.74, 6) is 0. The number of hydrogen-bond donors (Lipinski definition) is 0. The predicted molar refractivity (Wildman–Crippen MR) is 52.9 cm³/mol. The lowest BCUT2D eigenvalue weighted by atomic mass is 10.8. The zero-order valence-electron chi connectivity index (χ0n) is 6.60. The van der Waals surface area contributed by atoms with Crippen LogP contribution in [0, 0.1) is 3.70 Å². The Bertz CT molecular complexity index is 370. The molecule has 1 rings (SSSR count). The summed E-state index contributed by atoms with van der Waals surface area (Å²) >= 11 is 1.91. The van der Waals surface area contributed by atoms with Crippen molar-refractivity contribution in [2.24, 2.45) is 0 Å². The zero-order chi connectivity index (χ0) is 9.35. The van der Waals surface area contributed by atoms with Gasteiger partial charge in [-0.05, 0) is 28.7 Å². The SMILES string of the molecule is CN(C)S(=O)(=O)n1nccc1I. The second-order valence-electron chi connectivity index (χ2n) is 2.29. The van der Waals surface area contributed by atoms with Gasteiger partial charge in [0.05, 0.1) is 6.20 Å². The maximum Gasteiger partial charge on any atom is 0.323 e. The van der Waals surface area contributed by atoms with Crippen LogP contribution in [0.5, 0.6) is 0 Å². The van der Waals surface area contributed by atoms with Gasteiger partial charge < -0.3 is 0 Å². The molecular weight excluding hydrogens is 293 g/mol. The first-order valence-electron chi connectivity index (χ1n) is 3.09. The summed E-state index contributed by atoms with van der Waals surface area (Å²) in [6, 6.07) is 1.63. The second kappa shape index (κ2) is 3.30. The maximum absolute atomic E-state index is 11.4. The smallest absolute Gasteiger partial charge is 0.189 e. The van der Waals surface area contributed by atoms with E-state index in [-0.39, 0.29) is 0 Å². The van der Waals surface area contributed by atoms with Gasteiger partial charge in [-0.3, -0.25) is 0 Å². The molecule has 0 spiro atoms. The molecule has 1 aromatic heterocycles. The van der Waals surface area contributed by atoms with Gasteiger partial charge in [0.15, 0.2) is 0 Å². The molecule has 0 radical (unpaired) electrons. The van der Waals surface area contributed by atoms with Crippen molar-refractivity contribution in [3.05, 3.63) is 16.0 Å². The third kappa shape index (κ3) is 1.62. The van der Waals surface area contributed by atoms with Crippen molar-refractivity contribution in [1.82, 2.24) is 13.5 Å². The Labute approximate surface area is 84.7 Å². The standard InChI is InChI=1S/C5H8IN3O2S/c1-8(2)12(10,11)9-5(6)3-4-7-9/h3-4H,1-2H3. The molecule has 0 atom stereocenters. The average molecular weight is 301 g/mol. The zero-order valence-corrected chi connectivity index (χ0v) is 9.57. The molecule has 0 aliphatic carbocycles. The van der Waals surface area contributed by atoms with Crippen molar-refractivity contribution < 1.29 is 8.42 Å². The number of rotatable bonds is 2. The Morgan fingerprint density at radius 1 is 1.58 bits per heavy atom. The Hall–Kier alpha value is -0.150. The van der Waals surface area contributed by atoms with Crippen molar-refractivity contribution in [3.8, 4) is 0 Å². The Morgan fingerprint density at radius 2 is 2.17 bits per heavy atom. The number of aromatic nitrogens is 2. The van der Waals surface area contributed by atoms with Crippen molar-refractivity contribution >= 4 is 32.8 Å². The van der Waals surface area contributed by atoms with Crippen LogP contribution in [-0.2, 0) is 10.2 Å². The van der Waals surface area contributed by atoms with E-state index < -0.39 is 10.2 Å². The van der Waals surface area contributed by atoms with E-state index in [2.05, 4.69) is 5.10 Å². The van der Waals surface area contributed by atoms with Crippen LogP contribution in [0.25, 0.3) is 0 Å². The van der Waals surface area contributed by atoms with E-state index >= 15 is 0 Å². The molecule has 12 heavy (non-hydrogen) atoms. The third-order valence-electron chi connectivity index (χ3n) is 1.25. The van der Waals surface area contributed by atoms with E-state index in [4.69, 9.17) is 0 Å². The Kier molecular flexibility index (Phi) is 2.74. The van der Waals surface area contributed by atoms with Gasteiger partial charge in [0.1, 0.15) is 3.70 Å².